The Bertz CT molecular complexity index is 725. The molecule has 22 heavy (non-hydrogen) atoms. The predicted molar refractivity (Wildman–Crippen MR) is 94.8 cm³/mol. The molecule has 0 nitrogen and oxygen atoms in total. The lowest BCUT2D eigenvalue weighted by molar-refractivity contribution is 0.879. The zero-order valence-corrected chi connectivity index (χ0v) is 13.8. The van der Waals surface area contributed by atoms with E-state index in [1.54, 1.807) is 0 Å². The molecule has 0 atom stereocenters. The lowest BCUT2D eigenvalue weighted by atomic mass is 9.84. The fourth-order valence-corrected chi connectivity index (χ4v) is 3.55. The number of rotatable bonds is 3. The van der Waals surface area contributed by atoms with Gasteiger partial charge in [0.25, 0.3) is 0 Å². The maximum absolute atomic E-state index is 7.19. The van der Waals surface area contributed by atoms with E-state index in [-0.39, 0.29) is 0 Å². The zero-order chi connectivity index (χ0) is 15.6. The quantitative estimate of drug-likeness (QED) is 0.398. The van der Waals surface area contributed by atoms with E-state index in [4.69, 9.17) is 23.2 Å². The van der Waals surface area contributed by atoms with Crippen LogP contribution in [0.5, 0.6) is 0 Å². The van der Waals surface area contributed by atoms with Crippen LogP contribution in [-0.2, 0) is 4.87 Å². The van der Waals surface area contributed by atoms with Crippen molar-refractivity contribution < 1.29 is 0 Å². The Morgan fingerprint density at radius 3 is 1.68 bits per heavy atom. The normalized spacial score (nSPS) is 11.4. The lowest BCUT2D eigenvalue weighted by Crippen LogP contribution is -2.22. The maximum Gasteiger partial charge on any atom is 0.121 e. The molecule has 0 bridgehead atoms. The van der Waals surface area contributed by atoms with Gasteiger partial charge >= 0.3 is 0 Å². The fraction of sp³-hybridized carbons (Fsp3) is 0.100. The van der Waals surface area contributed by atoms with Crippen LogP contribution in [-0.4, -0.2) is 0 Å². The summed E-state index contributed by atoms with van der Waals surface area (Å²) in [6.07, 6.45) is 0. The van der Waals surface area contributed by atoms with Gasteiger partial charge < -0.3 is 0 Å². The summed E-state index contributed by atoms with van der Waals surface area (Å²) in [5, 5.41) is 0.683. The number of benzene rings is 3. The van der Waals surface area contributed by atoms with E-state index in [0.29, 0.717) is 5.02 Å². The molecule has 0 amide bonds. The van der Waals surface area contributed by atoms with E-state index in [1.165, 1.54) is 0 Å². The highest BCUT2D eigenvalue weighted by atomic mass is 35.5. The highest BCUT2D eigenvalue weighted by Gasteiger charge is 2.35. The molecule has 0 heterocycles. The van der Waals surface area contributed by atoms with Crippen LogP contribution >= 0.6 is 23.2 Å². The van der Waals surface area contributed by atoms with Crippen molar-refractivity contribution in [3.63, 3.8) is 0 Å². The molecule has 0 aliphatic carbocycles. The van der Waals surface area contributed by atoms with E-state index in [9.17, 15) is 0 Å². The number of aryl methyl sites for hydroxylation is 1. The number of alkyl halides is 1. The van der Waals surface area contributed by atoms with Gasteiger partial charge in [-0.3, -0.25) is 0 Å². The van der Waals surface area contributed by atoms with Crippen LogP contribution in [0.2, 0.25) is 5.02 Å². The molecule has 3 aromatic rings. The Morgan fingerprint density at radius 1 is 0.727 bits per heavy atom. The first-order valence-electron chi connectivity index (χ1n) is 7.19. The third kappa shape index (κ3) is 2.65. The highest BCUT2D eigenvalue weighted by Crippen LogP contribution is 2.45. The van der Waals surface area contributed by atoms with Gasteiger partial charge in [0, 0.05) is 10.6 Å². The summed E-state index contributed by atoms with van der Waals surface area (Å²) >= 11 is 13.7. The average Bonchev–Trinajstić information content (AvgIpc) is 2.56. The van der Waals surface area contributed by atoms with Crippen molar-refractivity contribution in [2.24, 2.45) is 0 Å². The minimum absolute atomic E-state index is 0.683. The molecule has 0 saturated heterocycles. The number of hydrogen-bond donors (Lipinski definition) is 0. The SMILES string of the molecule is Cc1ccc(C(Cl)(c2ccccc2)c2ccccc2)c(Cl)c1. The van der Waals surface area contributed by atoms with Crippen molar-refractivity contribution in [1.29, 1.82) is 0 Å². The van der Waals surface area contributed by atoms with Gasteiger partial charge in [0.1, 0.15) is 4.87 Å². The van der Waals surface area contributed by atoms with Crippen LogP contribution in [0.3, 0.4) is 0 Å². The summed E-state index contributed by atoms with van der Waals surface area (Å²) in [6, 6.07) is 26.1. The topological polar surface area (TPSA) is 0 Å². The minimum atomic E-state index is -0.798. The molecule has 0 fully saturated rings. The van der Waals surface area contributed by atoms with Gasteiger partial charge in [-0.25, -0.2) is 0 Å². The van der Waals surface area contributed by atoms with Crippen LogP contribution in [0, 0.1) is 6.92 Å². The van der Waals surface area contributed by atoms with Gasteiger partial charge in [0.15, 0.2) is 0 Å². The van der Waals surface area contributed by atoms with Crippen molar-refractivity contribution in [2.75, 3.05) is 0 Å². The molecule has 0 aliphatic heterocycles. The van der Waals surface area contributed by atoms with Crippen LogP contribution in [0.25, 0.3) is 0 Å². The highest BCUT2D eigenvalue weighted by molar-refractivity contribution is 6.34. The maximum atomic E-state index is 7.19. The van der Waals surface area contributed by atoms with Gasteiger partial charge in [-0.2, -0.15) is 0 Å². The Labute approximate surface area is 141 Å². The van der Waals surface area contributed by atoms with Gasteiger partial charge in [0.2, 0.25) is 0 Å². The van der Waals surface area contributed by atoms with E-state index in [2.05, 4.69) is 0 Å². The molecule has 3 aromatic carbocycles. The monoisotopic (exact) mass is 326 g/mol. The predicted octanol–water partition coefficient (Wildman–Crippen LogP) is 6.18. The minimum Gasteiger partial charge on any atom is -0.103 e. The average molecular weight is 327 g/mol. The van der Waals surface area contributed by atoms with Crippen LogP contribution in [0.15, 0.2) is 78.9 Å². The first kappa shape index (κ1) is 15.1. The first-order chi connectivity index (χ1) is 10.6. The summed E-state index contributed by atoms with van der Waals surface area (Å²) in [6.45, 7) is 2.02. The van der Waals surface area contributed by atoms with Crippen molar-refractivity contribution in [1.82, 2.24) is 0 Å². The summed E-state index contributed by atoms with van der Waals surface area (Å²) in [7, 11) is 0. The Balaban J connectivity index is 2.28. The second-order valence-corrected chi connectivity index (χ2v) is 6.35. The van der Waals surface area contributed by atoms with Crippen molar-refractivity contribution in [3.8, 4) is 0 Å². The molecule has 0 N–H and O–H groups in total. The second-order valence-electron chi connectivity index (χ2n) is 5.37. The summed E-state index contributed by atoms with van der Waals surface area (Å²) < 4.78 is 0. The molecule has 110 valence electrons. The molecule has 0 unspecified atom stereocenters. The van der Waals surface area contributed by atoms with Crippen molar-refractivity contribution in [2.45, 2.75) is 11.8 Å². The van der Waals surface area contributed by atoms with Crippen LogP contribution < -0.4 is 0 Å². The summed E-state index contributed by atoms with van der Waals surface area (Å²) in [5.41, 5.74) is 4.04. The summed E-state index contributed by atoms with van der Waals surface area (Å²) in [4.78, 5) is -0.798. The van der Waals surface area contributed by atoms with Gasteiger partial charge in [-0.05, 0) is 29.7 Å². The van der Waals surface area contributed by atoms with Crippen LogP contribution in [0.4, 0.5) is 0 Å². The largest absolute Gasteiger partial charge is 0.121 e. The molecule has 2 heteroatoms. The Morgan fingerprint density at radius 2 is 1.23 bits per heavy atom. The van der Waals surface area contributed by atoms with E-state index >= 15 is 0 Å². The van der Waals surface area contributed by atoms with Crippen molar-refractivity contribution >= 4 is 23.2 Å². The standard InChI is InChI=1S/C20H16Cl2/c1-15-12-13-18(19(21)14-15)20(22,16-8-4-2-5-9-16)17-10-6-3-7-11-17/h2-14H,1H3. The molecule has 0 saturated carbocycles. The van der Waals surface area contributed by atoms with Gasteiger partial charge in [0.05, 0.1) is 0 Å². The molecule has 0 aliphatic rings. The third-order valence-corrected chi connectivity index (χ3v) is 4.79. The van der Waals surface area contributed by atoms with E-state index in [0.717, 1.165) is 22.3 Å². The third-order valence-electron chi connectivity index (χ3n) is 3.84. The molecule has 0 aromatic heterocycles. The Kier molecular flexibility index (Phi) is 4.24. The number of hydrogen-bond acceptors (Lipinski definition) is 0. The molecule has 0 spiro atoms. The molecular weight excluding hydrogens is 311 g/mol. The molecule has 3 rings (SSSR count). The molecular formula is C20H16Cl2. The summed E-state index contributed by atoms with van der Waals surface area (Å²) in [5.74, 6) is 0. The van der Waals surface area contributed by atoms with Gasteiger partial charge in [-0.15, -0.1) is 11.6 Å². The second kappa shape index (κ2) is 6.16. The van der Waals surface area contributed by atoms with E-state index < -0.39 is 4.87 Å². The smallest absolute Gasteiger partial charge is 0.103 e. The lowest BCUT2D eigenvalue weighted by Gasteiger charge is -2.30. The first-order valence-corrected chi connectivity index (χ1v) is 7.94. The Hall–Kier alpha value is -1.76. The zero-order valence-electron chi connectivity index (χ0n) is 12.3. The molecule has 0 radical (unpaired) electrons. The van der Waals surface area contributed by atoms with Gasteiger partial charge in [-0.1, -0.05) is 84.4 Å². The van der Waals surface area contributed by atoms with Crippen LogP contribution in [0.1, 0.15) is 22.3 Å². The number of halogens is 2. The van der Waals surface area contributed by atoms with E-state index in [1.807, 2.05) is 85.8 Å². The van der Waals surface area contributed by atoms with Crippen molar-refractivity contribution in [3.05, 3.63) is 106 Å². The fourth-order valence-electron chi connectivity index (χ4n) is 2.71.